The largest absolute Gasteiger partial charge is 0.394 e. The highest BCUT2D eigenvalue weighted by molar-refractivity contribution is 7.90. The van der Waals surface area contributed by atoms with Gasteiger partial charge in [0.2, 0.25) is 9.84 Å². The fourth-order valence-corrected chi connectivity index (χ4v) is 4.80. The van der Waals surface area contributed by atoms with Crippen LogP contribution in [-0.4, -0.2) is 41.1 Å². The zero-order chi connectivity index (χ0) is 20.3. The molecule has 1 aromatic carbocycles. The quantitative estimate of drug-likeness (QED) is 0.473. The lowest BCUT2D eigenvalue weighted by Crippen LogP contribution is -2.26. The van der Waals surface area contributed by atoms with Gasteiger partial charge in [0, 0.05) is 0 Å². The van der Waals surface area contributed by atoms with Gasteiger partial charge in [0.1, 0.15) is 4.70 Å². The van der Waals surface area contributed by atoms with Crippen LogP contribution in [0.5, 0.6) is 0 Å². The molecule has 8 nitrogen and oxygen atoms in total. The van der Waals surface area contributed by atoms with E-state index in [1.54, 1.807) is 24.3 Å². The molecule has 0 amide bonds. The van der Waals surface area contributed by atoms with Gasteiger partial charge in [-0.25, -0.2) is 13.4 Å². The van der Waals surface area contributed by atoms with Crippen LogP contribution < -0.4 is 11.1 Å². The first-order chi connectivity index (χ1) is 13.3. The lowest BCUT2D eigenvalue weighted by Gasteiger charge is -2.19. The van der Waals surface area contributed by atoms with Gasteiger partial charge in [-0.15, -0.1) is 0 Å². The highest BCUT2D eigenvalue weighted by Gasteiger charge is 2.24. The normalized spacial score (nSPS) is 13.1. The minimum Gasteiger partial charge on any atom is -0.394 e. The van der Waals surface area contributed by atoms with E-state index in [0.29, 0.717) is 28.4 Å². The zero-order valence-electron chi connectivity index (χ0n) is 15.7. The van der Waals surface area contributed by atoms with Crippen LogP contribution in [0.1, 0.15) is 25.8 Å². The average Bonchev–Trinajstić information content (AvgIpc) is 3.01. The summed E-state index contributed by atoms with van der Waals surface area (Å²) in [6, 6.07) is 8.58. The van der Waals surface area contributed by atoms with Crippen molar-refractivity contribution in [2.45, 2.75) is 37.2 Å². The van der Waals surface area contributed by atoms with Crippen molar-refractivity contribution >= 4 is 42.5 Å². The van der Waals surface area contributed by atoms with E-state index in [9.17, 15) is 13.5 Å². The van der Waals surface area contributed by atoms with Gasteiger partial charge in [-0.3, -0.25) is 0 Å². The predicted octanol–water partition coefficient (Wildman–Crippen LogP) is 2.46. The molecule has 0 aliphatic rings. The molecule has 3 rings (SSSR count). The summed E-state index contributed by atoms with van der Waals surface area (Å²) in [5.41, 5.74) is 6.67. The number of anilines is 2. The summed E-state index contributed by atoms with van der Waals surface area (Å²) in [5.74, 6) is 0.453. The molecule has 2 heterocycles. The van der Waals surface area contributed by atoms with Gasteiger partial charge in [0.15, 0.2) is 16.6 Å². The summed E-state index contributed by atoms with van der Waals surface area (Å²) in [6.07, 6.45) is 0.697. The Morgan fingerprint density at radius 1 is 1.18 bits per heavy atom. The van der Waals surface area contributed by atoms with Crippen molar-refractivity contribution in [1.82, 2.24) is 15.0 Å². The molecule has 0 radical (unpaired) electrons. The second-order valence-electron chi connectivity index (χ2n) is 6.96. The van der Waals surface area contributed by atoms with Crippen LogP contribution in [0.2, 0.25) is 0 Å². The number of hydrogen-bond acceptors (Lipinski definition) is 9. The Morgan fingerprint density at radius 2 is 1.89 bits per heavy atom. The molecule has 0 bridgehead atoms. The third kappa shape index (κ3) is 4.75. The number of thiazole rings is 1. The molecule has 150 valence electrons. The molecule has 10 heteroatoms. The fourth-order valence-electron chi connectivity index (χ4n) is 2.86. The number of nitrogen functional groups attached to an aromatic ring is 1. The minimum absolute atomic E-state index is 0.107. The monoisotopic (exact) mass is 421 g/mol. The van der Waals surface area contributed by atoms with Gasteiger partial charge in [-0.2, -0.15) is 9.97 Å². The van der Waals surface area contributed by atoms with Crippen molar-refractivity contribution in [1.29, 1.82) is 0 Å². The van der Waals surface area contributed by atoms with Gasteiger partial charge in [-0.1, -0.05) is 55.5 Å². The van der Waals surface area contributed by atoms with Crippen molar-refractivity contribution in [3.63, 3.8) is 0 Å². The Morgan fingerprint density at radius 3 is 2.54 bits per heavy atom. The van der Waals surface area contributed by atoms with Crippen LogP contribution >= 0.6 is 11.3 Å². The molecule has 0 saturated carbocycles. The smallest absolute Gasteiger partial charge is 0.251 e. The predicted molar refractivity (Wildman–Crippen MR) is 111 cm³/mol. The summed E-state index contributed by atoms with van der Waals surface area (Å²) in [5, 5.41) is 12.8. The van der Waals surface area contributed by atoms with E-state index < -0.39 is 9.84 Å². The van der Waals surface area contributed by atoms with E-state index in [1.165, 1.54) is 11.3 Å². The molecular formula is C18H23N5O3S2. The van der Waals surface area contributed by atoms with E-state index >= 15 is 0 Å². The average molecular weight is 422 g/mol. The van der Waals surface area contributed by atoms with Crippen molar-refractivity contribution < 1.29 is 13.5 Å². The Bertz CT molecular complexity index is 1050. The number of sulfone groups is 1. The number of nitrogens with one attached hydrogen (secondary N) is 1. The van der Waals surface area contributed by atoms with Crippen LogP contribution in [0.15, 0.2) is 35.5 Å². The summed E-state index contributed by atoms with van der Waals surface area (Å²) in [4.78, 5) is 12.5. The van der Waals surface area contributed by atoms with Crippen molar-refractivity contribution in [2.24, 2.45) is 5.92 Å². The highest BCUT2D eigenvalue weighted by Crippen LogP contribution is 2.30. The first-order valence-electron chi connectivity index (χ1n) is 8.86. The van der Waals surface area contributed by atoms with E-state index in [-0.39, 0.29) is 34.3 Å². The maximum atomic E-state index is 12.9. The molecule has 2 aromatic heterocycles. The molecule has 0 aliphatic carbocycles. The lowest BCUT2D eigenvalue weighted by atomic mass is 10.0. The number of nitrogens with two attached hydrogens (primary N) is 1. The molecule has 1 atom stereocenters. The maximum absolute atomic E-state index is 12.9. The van der Waals surface area contributed by atoms with Gasteiger partial charge < -0.3 is 16.2 Å². The fraction of sp³-hybridized carbons (Fsp3) is 0.389. The molecule has 0 saturated heterocycles. The zero-order valence-corrected chi connectivity index (χ0v) is 17.3. The molecule has 4 N–H and O–H groups in total. The highest BCUT2D eigenvalue weighted by atomic mass is 32.2. The Labute approximate surface area is 167 Å². The van der Waals surface area contributed by atoms with Crippen LogP contribution in [0.25, 0.3) is 10.3 Å². The number of aliphatic hydroxyl groups is 1. The summed E-state index contributed by atoms with van der Waals surface area (Å²) in [7, 11) is -3.78. The Hall–Kier alpha value is -2.30. The summed E-state index contributed by atoms with van der Waals surface area (Å²) in [6.45, 7) is 3.98. The maximum Gasteiger partial charge on any atom is 0.251 e. The standard InChI is InChI=1S/C18H23N5O3S2/c1-11(2)8-13(9-24)20-15-14-16(21-17(19)27-14)23-18(22-15)28(25,26)10-12-6-4-3-5-7-12/h3-7,11,13,24H,8-10H2,1-2H3,(H3,19,20,21,22,23)/t13-/m1/s1. The van der Waals surface area contributed by atoms with Gasteiger partial charge in [0.25, 0.3) is 5.16 Å². The van der Waals surface area contributed by atoms with Gasteiger partial charge in [0.05, 0.1) is 18.4 Å². The molecule has 3 aromatic rings. The van der Waals surface area contributed by atoms with Crippen LogP contribution in [0, 0.1) is 5.92 Å². The van der Waals surface area contributed by atoms with Crippen LogP contribution in [-0.2, 0) is 15.6 Å². The first kappa shape index (κ1) is 20.4. The van der Waals surface area contributed by atoms with E-state index in [2.05, 4.69) is 20.3 Å². The topological polar surface area (TPSA) is 131 Å². The van der Waals surface area contributed by atoms with Gasteiger partial charge >= 0.3 is 0 Å². The SMILES string of the molecule is CC(C)C[C@H](CO)Nc1nc(S(=O)(=O)Cc2ccccc2)nc2nc(N)sc12. The van der Waals surface area contributed by atoms with Crippen molar-refractivity contribution in [3.05, 3.63) is 35.9 Å². The number of fused-ring (bicyclic) bond motifs is 1. The molecule has 0 aliphatic heterocycles. The molecule has 0 spiro atoms. The second kappa shape index (κ2) is 8.38. The molecule has 28 heavy (non-hydrogen) atoms. The number of aliphatic hydroxyl groups excluding tert-OH is 1. The van der Waals surface area contributed by atoms with Crippen molar-refractivity contribution in [3.8, 4) is 0 Å². The Kier molecular flexibility index (Phi) is 6.11. The number of hydrogen-bond donors (Lipinski definition) is 3. The molecule has 0 fully saturated rings. The minimum atomic E-state index is -3.78. The number of rotatable bonds is 8. The van der Waals surface area contributed by atoms with E-state index in [4.69, 9.17) is 5.73 Å². The summed E-state index contributed by atoms with van der Waals surface area (Å²) >= 11 is 1.18. The number of aromatic nitrogens is 3. The lowest BCUT2D eigenvalue weighted by molar-refractivity contribution is 0.259. The number of nitrogens with zero attached hydrogens (tertiary/aromatic N) is 3. The third-order valence-corrected chi connectivity index (χ3v) is 6.38. The van der Waals surface area contributed by atoms with Crippen LogP contribution in [0.3, 0.4) is 0 Å². The third-order valence-electron chi connectivity index (χ3n) is 4.04. The van der Waals surface area contributed by atoms with Crippen molar-refractivity contribution in [2.75, 3.05) is 17.7 Å². The first-order valence-corrected chi connectivity index (χ1v) is 11.3. The molecular weight excluding hydrogens is 398 g/mol. The Balaban J connectivity index is 2.01. The van der Waals surface area contributed by atoms with E-state index in [1.807, 2.05) is 19.9 Å². The van der Waals surface area contributed by atoms with Gasteiger partial charge in [-0.05, 0) is 17.9 Å². The van der Waals surface area contributed by atoms with E-state index in [0.717, 1.165) is 0 Å². The second-order valence-corrected chi connectivity index (χ2v) is 9.87. The van der Waals surface area contributed by atoms with Crippen LogP contribution in [0.4, 0.5) is 10.9 Å². The summed E-state index contributed by atoms with van der Waals surface area (Å²) < 4.78 is 26.3. The number of benzene rings is 1. The molecule has 0 unspecified atom stereocenters.